The van der Waals surface area contributed by atoms with E-state index in [-0.39, 0.29) is 25.9 Å². The molecule has 2 fully saturated rings. The standard InChI is InChI=1S/C20H38F6N5/c1-7-15-13-17(19(21,22)23)29(11-5)31(27(15)9-3)28(10-4)16(8-2)14-18(20(24,25)26)30(31)12-6/h15-18H,7-14H2,1-6H3/q+1. The molecule has 11 heteroatoms. The third-order valence-corrected chi connectivity index (χ3v) is 6.93. The fourth-order valence-corrected chi connectivity index (χ4v) is 5.78. The van der Waals surface area contributed by atoms with Crippen molar-refractivity contribution in [3.63, 3.8) is 0 Å². The molecule has 2 aliphatic rings. The summed E-state index contributed by atoms with van der Waals surface area (Å²) in [5, 5.41) is 6.17. The summed E-state index contributed by atoms with van der Waals surface area (Å²) >= 11 is 0. The zero-order valence-electron chi connectivity index (χ0n) is 19.5. The van der Waals surface area contributed by atoms with E-state index in [1.807, 2.05) is 37.7 Å². The predicted molar refractivity (Wildman–Crippen MR) is 107 cm³/mol. The van der Waals surface area contributed by atoms with E-state index in [2.05, 4.69) is 0 Å². The average Bonchev–Trinajstić information content (AvgIpc) is 2.70. The molecule has 0 saturated carbocycles. The van der Waals surface area contributed by atoms with Crippen molar-refractivity contribution in [2.45, 2.75) is 104 Å². The summed E-state index contributed by atoms with van der Waals surface area (Å²) in [5.41, 5.74) is 0. The summed E-state index contributed by atoms with van der Waals surface area (Å²) in [5.74, 6) is 0. The molecule has 1 spiro atoms. The number of hydrogen-bond acceptors (Lipinski definition) is 4. The number of hydrogen-bond donors (Lipinski definition) is 0. The summed E-state index contributed by atoms with van der Waals surface area (Å²) in [4.78, 5) is -0.620. The van der Waals surface area contributed by atoms with Crippen LogP contribution < -0.4 is 0 Å². The molecule has 5 nitrogen and oxygen atoms in total. The third kappa shape index (κ3) is 4.32. The van der Waals surface area contributed by atoms with Crippen LogP contribution in [0.3, 0.4) is 0 Å². The Morgan fingerprint density at radius 2 is 0.871 bits per heavy atom. The Morgan fingerprint density at radius 1 is 0.581 bits per heavy atom. The van der Waals surface area contributed by atoms with Crippen molar-refractivity contribution in [2.24, 2.45) is 0 Å². The smallest absolute Gasteiger partial charge is 0.169 e. The van der Waals surface area contributed by atoms with E-state index in [1.165, 1.54) is 10.0 Å². The number of alkyl halides is 6. The second kappa shape index (κ2) is 9.70. The summed E-state index contributed by atoms with van der Waals surface area (Å²) in [6, 6.07) is -4.63. The van der Waals surface area contributed by atoms with Gasteiger partial charge < -0.3 is 0 Å². The van der Waals surface area contributed by atoms with Gasteiger partial charge in [-0.15, -0.1) is 0 Å². The Kier molecular flexibility index (Phi) is 8.34. The fourth-order valence-electron chi connectivity index (χ4n) is 5.78. The molecule has 31 heavy (non-hydrogen) atoms. The van der Waals surface area contributed by atoms with Crippen LogP contribution in [0.4, 0.5) is 26.3 Å². The quantitative estimate of drug-likeness (QED) is 0.408. The summed E-state index contributed by atoms with van der Waals surface area (Å²) in [6.45, 7) is 11.1. The van der Waals surface area contributed by atoms with Crippen molar-refractivity contribution >= 4 is 0 Å². The van der Waals surface area contributed by atoms with Crippen molar-refractivity contribution in [3.05, 3.63) is 0 Å². The van der Waals surface area contributed by atoms with Gasteiger partial charge in [-0.2, -0.15) is 26.3 Å². The summed E-state index contributed by atoms with van der Waals surface area (Å²) in [6.07, 6.45) is -8.52. The van der Waals surface area contributed by atoms with Crippen molar-refractivity contribution in [1.29, 1.82) is 0 Å². The minimum atomic E-state index is -4.54. The van der Waals surface area contributed by atoms with Crippen LogP contribution in [0.5, 0.6) is 0 Å². The summed E-state index contributed by atoms with van der Waals surface area (Å²) in [7, 11) is 0. The first-order valence-corrected chi connectivity index (χ1v) is 11.5. The van der Waals surface area contributed by atoms with Gasteiger partial charge in [0.1, 0.15) is 0 Å². The highest BCUT2D eigenvalue weighted by atomic mass is 19.4. The van der Waals surface area contributed by atoms with Crippen LogP contribution in [0.15, 0.2) is 0 Å². The second-order valence-electron chi connectivity index (χ2n) is 8.27. The molecule has 0 radical (unpaired) electrons. The van der Waals surface area contributed by atoms with Crippen LogP contribution in [0.25, 0.3) is 0 Å². The van der Waals surface area contributed by atoms with Crippen molar-refractivity contribution < 1.29 is 31.3 Å². The van der Waals surface area contributed by atoms with Gasteiger partial charge in [0, 0.05) is 0 Å². The van der Waals surface area contributed by atoms with Gasteiger partial charge in [-0.3, -0.25) is 0 Å². The minimum absolute atomic E-state index is 0.0227. The summed E-state index contributed by atoms with van der Waals surface area (Å²) < 4.78 is 85.8. The molecule has 2 saturated heterocycles. The molecular weight excluding hydrogens is 424 g/mol. The van der Waals surface area contributed by atoms with E-state index in [0.29, 0.717) is 25.9 Å². The van der Waals surface area contributed by atoms with Crippen LogP contribution in [0.2, 0.25) is 0 Å². The number of quaternary nitrogens is 1. The maximum atomic E-state index is 14.3. The predicted octanol–water partition coefficient (Wildman–Crippen LogP) is 4.98. The topological polar surface area (TPSA) is 13.0 Å². The maximum absolute atomic E-state index is 14.3. The number of rotatable bonds is 6. The Bertz CT molecular complexity index is 533. The van der Waals surface area contributed by atoms with Gasteiger partial charge in [0.25, 0.3) is 0 Å². The lowest BCUT2D eigenvalue weighted by Crippen LogP contribution is -2.92. The zero-order chi connectivity index (χ0) is 23.8. The maximum Gasteiger partial charge on any atom is 0.409 e. The van der Waals surface area contributed by atoms with Crippen LogP contribution in [-0.4, -0.2) is 87.7 Å². The van der Waals surface area contributed by atoms with Gasteiger partial charge in [0.15, 0.2) is 12.1 Å². The van der Waals surface area contributed by atoms with Crippen molar-refractivity contribution in [2.75, 3.05) is 26.2 Å². The molecule has 4 unspecified atom stereocenters. The number of nitrogens with zero attached hydrogens (tertiary/aromatic N) is 5. The minimum Gasteiger partial charge on any atom is -0.169 e. The van der Waals surface area contributed by atoms with E-state index in [0.717, 1.165) is 0 Å². The SMILES string of the molecule is CCC1CC(C(F)(F)F)N(CC)[N+]2(N1CC)N(CC)C(CC)CC(C(F)(F)F)N2CC. The molecule has 184 valence electrons. The molecular formula is C20H38F6N5+. The average molecular weight is 463 g/mol. The van der Waals surface area contributed by atoms with E-state index in [1.54, 1.807) is 13.8 Å². The van der Waals surface area contributed by atoms with Gasteiger partial charge in [0.2, 0.25) is 0 Å². The Balaban J connectivity index is 2.89. The van der Waals surface area contributed by atoms with Gasteiger partial charge >= 0.3 is 12.4 Å². The molecule has 0 aliphatic carbocycles. The van der Waals surface area contributed by atoms with Crippen LogP contribution in [-0.2, 0) is 0 Å². The highest BCUT2D eigenvalue weighted by Gasteiger charge is 2.71. The largest absolute Gasteiger partial charge is 0.409 e. The fraction of sp³-hybridized carbons (Fsp3) is 1.00. The van der Waals surface area contributed by atoms with E-state index < -0.39 is 41.4 Å². The molecule has 0 N–H and O–H groups in total. The van der Waals surface area contributed by atoms with E-state index >= 15 is 0 Å². The van der Waals surface area contributed by atoms with Crippen LogP contribution >= 0.6 is 0 Å². The molecule has 0 aromatic rings. The van der Waals surface area contributed by atoms with Gasteiger partial charge in [0.05, 0.1) is 38.3 Å². The van der Waals surface area contributed by atoms with Gasteiger partial charge in [-0.1, -0.05) is 33.9 Å². The van der Waals surface area contributed by atoms with Crippen LogP contribution in [0, 0.1) is 0 Å². The molecule has 0 bridgehead atoms. The van der Waals surface area contributed by atoms with E-state index in [9.17, 15) is 26.3 Å². The molecule has 2 heterocycles. The molecule has 2 aliphatic heterocycles. The molecule has 4 atom stereocenters. The monoisotopic (exact) mass is 462 g/mol. The van der Waals surface area contributed by atoms with Crippen LogP contribution in [0.1, 0.15) is 67.2 Å². The third-order valence-electron chi connectivity index (χ3n) is 6.93. The normalized spacial score (nSPS) is 35.2. The lowest BCUT2D eigenvalue weighted by molar-refractivity contribution is -1.30. The van der Waals surface area contributed by atoms with Crippen molar-refractivity contribution in [3.8, 4) is 0 Å². The Morgan fingerprint density at radius 3 is 1.06 bits per heavy atom. The van der Waals surface area contributed by atoms with E-state index in [4.69, 9.17) is 0 Å². The lowest BCUT2D eigenvalue weighted by atomic mass is 9.98. The first-order chi connectivity index (χ1) is 14.4. The molecule has 0 aromatic heterocycles. The zero-order valence-corrected chi connectivity index (χ0v) is 19.5. The molecule has 2 rings (SSSR count). The highest BCUT2D eigenvalue weighted by Crippen LogP contribution is 2.48. The number of halogens is 6. The van der Waals surface area contributed by atoms with Gasteiger partial charge in [-0.05, 0) is 58.3 Å². The molecule has 0 aromatic carbocycles. The first-order valence-electron chi connectivity index (χ1n) is 11.5. The Labute approximate surface area is 182 Å². The second-order valence-corrected chi connectivity index (χ2v) is 8.27. The first kappa shape index (κ1) is 26.6. The molecule has 0 amide bonds. The van der Waals surface area contributed by atoms with Crippen molar-refractivity contribution in [1.82, 2.24) is 20.0 Å². The lowest BCUT2D eigenvalue weighted by Gasteiger charge is -2.67. The highest BCUT2D eigenvalue weighted by molar-refractivity contribution is 4.88. The Hall–Kier alpha value is -0.620. The van der Waals surface area contributed by atoms with Gasteiger partial charge in [-0.25, -0.2) is 0 Å².